The summed E-state index contributed by atoms with van der Waals surface area (Å²) in [6, 6.07) is 17.0. The molecule has 4 heteroatoms. The fourth-order valence-corrected chi connectivity index (χ4v) is 2.23. The minimum Gasteiger partial charge on any atom is -0.354 e. The molecule has 0 aliphatic carbocycles. The van der Waals surface area contributed by atoms with E-state index in [1.807, 2.05) is 42.5 Å². The molecule has 0 aliphatic rings. The van der Waals surface area contributed by atoms with E-state index in [0.29, 0.717) is 10.6 Å². The SMILES string of the molecule is N#Cc1ccccc1Nc1ccnc2ccc(Cl)cc12. The molecule has 3 nitrogen and oxygen atoms in total. The molecule has 0 saturated carbocycles. The fraction of sp³-hybridized carbons (Fsp3) is 0. The number of para-hydroxylation sites is 1. The Bertz CT molecular complexity index is 821. The minimum atomic E-state index is 0.597. The summed E-state index contributed by atoms with van der Waals surface area (Å²) in [4.78, 5) is 4.30. The minimum absolute atomic E-state index is 0.597. The van der Waals surface area contributed by atoms with E-state index < -0.39 is 0 Å². The lowest BCUT2D eigenvalue weighted by molar-refractivity contribution is 1.40. The van der Waals surface area contributed by atoms with Gasteiger partial charge in [-0.2, -0.15) is 5.26 Å². The molecule has 0 atom stereocenters. The van der Waals surface area contributed by atoms with E-state index in [1.54, 1.807) is 12.3 Å². The van der Waals surface area contributed by atoms with Gasteiger partial charge in [-0.1, -0.05) is 23.7 Å². The predicted octanol–water partition coefficient (Wildman–Crippen LogP) is 4.50. The van der Waals surface area contributed by atoms with Gasteiger partial charge in [0.1, 0.15) is 6.07 Å². The average molecular weight is 280 g/mol. The topological polar surface area (TPSA) is 48.7 Å². The van der Waals surface area contributed by atoms with Crippen LogP contribution in [0.25, 0.3) is 10.9 Å². The van der Waals surface area contributed by atoms with Gasteiger partial charge in [-0.3, -0.25) is 4.98 Å². The second kappa shape index (κ2) is 5.20. The molecule has 1 heterocycles. The summed E-state index contributed by atoms with van der Waals surface area (Å²) in [7, 11) is 0. The number of halogens is 1. The number of hydrogen-bond donors (Lipinski definition) is 1. The molecular formula is C16H10ClN3. The quantitative estimate of drug-likeness (QED) is 0.751. The highest BCUT2D eigenvalue weighted by molar-refractivity contribution is 6.31. The number of nitrogens with zero attached hydrogens (tertiary/aromatic N) is 2. The Labute approximate surface area is 121 Å². The summed E-state index contributed by atoms with van der Waals surface area (Å²) < 4.78 is 0. The number of fused-ring (bicyclic) bond motifs is 1. The zero-order valence-corrected chi connectivity index (χ0v) is 11.2. The van der Waals surface area contributed by atoms with Crippen LogP contribution in [0.3, 0.4) is 0 Å². The lowest BCUT2D eigenvalue weighted by Crippen LogP contribution is -1.95. The van der Waals surface area contributed by atoms with Gasteiger partial charge in [-0.25, -0.2) is 0 Å². The molecule has 1 N–H and O–H groups in total. The highest BCUT2D eigenvalue weighted by Crippen LogP contribution is 2.28. The van der Waals surface area contributed by atoms with Crippen LogP contribution < -0.4 is 5.32 Å². The molecule has 1 aromatic heterocycles. The lowest BCUT2D eigenvalue weighted by Gasteiger charge is -2.10. The normalized spacial score (nSPS) is 10.2. The summed E-state index contributed by atoms with van der Waals surface area (Å²) in [6.07, 6.45) is 1.73. The van der Waals surface area contributed by atoms with Crippen molar-refractivity contribution in [2.75, 3.05) is 5.32 Å². The van der Waals surface area contributed by atoms with Crippen LogP contribution in [-0.2, 0) is 0 Å². The molecular weight excluding hydrogens is 270 g/mol. The first-order valence-electron chi connectivity index (χ1n) is 6.08. The summed E-state index contributed by atoms with van der Waals surface area (Å²) in [6.45, 7) is 0. The molecule has 0 radical (unpaired) electrons. The number of aromatic nitrogens is 1. The van der Waals surface area contributed by atoms with E-state index in [0.717, 1.165) is 22.3 Å². The van der Waals surface area contributed by atoms with E-state index in [9.17, 15) is 0 Å². The first kappa shape index (κ1) is 12.5. The first-order valence-corrected chi connectivity index (χ1v) is 6.46. The van der Waals surface area contributed by atoms with Gasteiger partial charge in [0, 0.05) is 22.3 Å². The molecule has 3 aromatic rings. The molecule has 96 valence electrons. The smallest absolute Gasteiger partial charge is 0.101 e. The van der Waals surface area contributed by atoms with Crippen LogP contribution in [0.5, 0.6) is 0 Å². The maximum Gasteiger partial charge on any atom is 0.101 e. The molecule has 0 unspecified atom stereocenters. The van der Waals surface area contributed by atoms with Crippen LogP contribution >= 0.6 is 11.6 Å². The van der Waals surface area contributed by atoms with Crippen molar-refractivity contribution in [1.82, 2.24) is 4.98 Å². The van der Waals surface area contributed by atoms with E-state index >= 15 is 0 Å². The van der Waals surface area contributed by atoms with E-state index in [-0.39, 0.29) is 0 Å². The number of benzene rings is 2. The lowest BCUT2D eigenvalue weighted by atomic mass is 10.1. The van der Waals surface area contributed by atoms with Gasteiger partial charge in [0.15, 0.2) is 0 Å². The highest BCUT2D eigenvalue weighted by atomic mass is 35.5. The number of nitrogens with one attached hydrogen (secondary N) is 1. The molecule has 0 bridgehead atoms. The van der Waals surface area contributed by atoms with Crippen molar-refractivity contribution in [3.63, 3.8) is 0 Å². The van der Waals surface area contributed by atoms with Crippen molar-refractivity contribution in [3.8, 4) is 6.07 Å². The molecule has 2 aromatic carbocycles. The second-order valence-corrected chi connectivity index (χ2v) is 4.74. The van der Waals surface area contributed by atoms with Crippen molar-refractivity contribution in [1.29, 1.82) is 5.26 Å². The van der Waals surface area contributed by atoms with Crippen molar-refractivity contribution in [2.45, 2.75) is 0 Å². The Hall–Kier alpha value is -2.57. The maximum atomic E-state index is 9.13. The molecule has 0 saturated heterocycles. The van der Waals surface area contributed by atoms with E-state index in [1.165, 1.54) is 0 Å². The van der Waals surface area contributed by atoms with Gasteiger partial charge in [0.25, 0.3) is 0 Å². The number of nitriles is 1. The average Bonchev–Trinajstić information content (AvgIpc) is 2.48. The van der Waals surface area contributed by atoms with Gasteiger partial charge >= 0.3 is 0 Å². The summed E-state index contributed by atoms with van der Waals surface area (Å²) in [5.41, 5.74) is 3.09. The van der Waals surface area contributed by atoms with Crippen LogP contribution in [0.15, 0.2) is 54.7 Å². The Morgan fingerprint density at radius 2 is 1.90 bits per heavy atom. The van der Waals surface area contributed by atoms with Crippen LogP contribution in [0.4, 0.5) is 11.4 Å². The number of rotatable bonds is 2. The molecule has 0 fully saturated rings. The van der Waals surface area contributed by atoms with Gasteiger partial charge < -0.3 is 5.32 Å². The Morgan fingerprint density at radius 3 is 2.75 bits per heavy atom. The largest absolute Gasteiger partial charge is 0.354 e. The van der Waals surface area contributed by atoms with E-state index in [4.69, 9.17) is 16.9 Å². The summed E-state index contributed by atoms with van der Waals surface area (Å²) in [5, 5.41) is 14.0. The highest BCUT2D eigenvalue weighted by Gasteiger charge is 2.05. The molecule has 20 heavy (non-hydrogen) atoms. The number of hydrogen-bond acceptors (Lipinski definition) is 3. The van der Waals surface area contributed by atoms with Crippen LogP contribution in [0.2, 0.25) is 5.02 Å². The van der Waals surface area contributed by atoms with Crippen molar-refractivity contribution < 1.29 is 0 Å². The van der Waals surface area contributed by atoms with Crippen molar-refractivity contribution in [2.24, 2.45) is 0 Å². The van der Waals surface area contributed by atoms with Gasteiger partial charge in [0.2, 0.25) is 0 Å². The Morgan fingerprint density at radius 1 is 1.05 bits per heavy atom. The van der Waals surface area contributed by atoms with Gasteiger partial charge in [-0.15, -0.1) is 0 Å². The van der Waals surface area contributed by atoms with Crippen LogP contribution in [0.1, 0.15) is 5.56 Å². The Balaban J connectivity index is 2.11. The first-order chi connectivity index (χ1) is 9.78. The summed E-state index contributed by atoms with van der Waals surface area (Å²) >= 11 is 6.04. The molecule has 0 amide bonds. The number of anilines is 2. The zero-order valence-electron chi connectivity index (χ0n) is 10.5. The third-order valence-electron chi connectivity index (χ3n) is 3.02. The van der Waals surface area contributed by atoms with Crippen LogP contribution in [-0.4, -0.2) is 4.98 Å². The van der Waals surface area contributed by atoms with Gasteiger partial charge in [-0.05, 0) is 36.4 Å². The van der Waals surface area contributed by atoms with Crippen molar-refractivity contribution >= 4 is 33.9 Å². The monoisotopic (exact) mass is 279 g/mol. The standard InChI is InChI=1S/C16H10ClN3/c17-12-5-6-15-13(9-12)16(7-8-19-15)20-14-4-2-1-3-11(14)10-18/h1-9H,(H,19,20). The third kappa shape index (κ3) is 2.29. The second-order valence-electron chi connectivity index (χ2n) is 4.30. The molecule has 0 spiro atoms. The van der Waals surface area contributed by atoms with Gasteiger partial charge in [0.05, 0.1) is 16.8 Å². The third-order valence-corrected chi connectivity index (χ3v) is 3.26. The fourth-order valence-electron chi connectivity index (χ4n) is 2.06. The molecule has 0 aliphatic heterocycles. The van der Waals surface area contributed by atoms with E-state index in [2.05, 4.69) is 16.4 Å². The summed E-state index contributed by atoms with van der Waals surface area (Å²) in [5.74, 6) is 0. The predicted molar refractivity (Wildman–Crippen MR) is 81.2 cm³/mol. The maximum absolute atomic E-state index is 9.13. The Kier molecular flexibility index (Phi) is 3.24. The number of pyridine rings is 1. The molecule has 3 rings (SSSR count). The van der Waals surface area contributed by atoms with Crippen LogP contribution in [0, 0.1) is 11.3 Å². The zero-order chi connectivity index (χ0) is 13.9. The van der Waals surface area contributed by atoms with Crippen molar-refractivity contribution in [3.05, 3.63) is 65.3 Å².